The third-order valence-corrected chi connectivity index (χ3v) is 3.80. The normalized spacial score (nSPS) is 28.9. The van der Waals surface area contributed by atoms with Gasteiger partial charge in [-0.25, -0.2) is 0 Å². The minimum absolute atomic E-state index is 0.00892. The third kappa shape index (κ3) is 3.98. The van der Waals surface area contributed by atoms with Crippen LogP contribution in [0.4, 0.5) is 0 Å². The Labute approximate surface area is 108 Å². The molecule has 0 bridgehead atoms. The zero-order valence-corrected chi connectivity index (χ0v) is 10.9. The van der Waals surface area contributed by atoms with Crippen molar-refractivity contribution in [2.24, 2.45) is 5.92 Å². The zero-order valence-electron chi connectivity index (χ0n) is 10.9. The summed E-state index contributed by atoms with van der Waals surface area (Å²) in [6.07, 6.45) is 4.36. The summed E-state index contributed by atoms with van der Waals surface area (Å²) in [6.45, 7) is 3.46. The monoisotopic (exact) mass is 254 g/mol. The van der Waals surface area contributed by atoms with Gasteiger partial charge in [0, 0.05) is 38.5 Å². The first-order chi connectivity index (χ1) is 8.54. The molecule has 2 fully saturated rings. The number of carbonyl (C=O) groups excluding carboxylic acids is 1. The van der Waals surface area contributed by atoms with Gasteiger partial charge in [0.05, 0.1) is 0 Å². The maximum atomic E-state index is 11.2. The van der Waals surface area contributed by atoms with Gasteiger partial charge in [-0.2, -0.15) is 0 Å². The molecule has 0 spiro atoms. The van der Waals surface area contributed by atoms with E-state index in [1.165, 1.54) is 12.8 Å². The summed E-state index contributed by atoms with van der Waals surface area (Å²) >= 11 is 0. The van der Waals surface area contributed by atoms with Gasteiger partial charge in [0.15, 0.2) is 0 Å². The van der Waals surface area contributed by atoms with E-state index in [1.807, 2.05) is 0 Å². The molecule has 5 heteroatoms. The fourth-order valence-electron chi connectivity index (χ4n) is 2.91. The Morgan fingerprint density at radius 3 is 2.61 bits per heavy atom. The molecule has 1 aliphatic carbocycles. The number of aliphatic carboxylic acids is 1. The van der Waals surface area contributed by atoms with Crippen molar-refractivity contribution < 1.29 is 14.7 Å². The Morgan fingerprint density at radius 2 is 2.06 bits per heavy atom. The van der Waals surface area contributed by atoms with Gasteiger partial charge in [0.2, 0.25) is 5.91 Å². The smallest absolute Gasteiger partial charge is 0.303 e. The summed E-state index contributed by atoms with van der Waals surface area (Å²) in [7, 11) is 0. The molecule has 2 atom stereocenters. The van der Waals surface area contributed by atoms with E-state index in [0.29, 0.717) is 18.4 Å². The molecule has 18 heavy (non-hydrogen) atoms. The minimum Gasteiger partial charge on any atom is -0.481 e. The van der Waals surface area contributed by atoms with E-state index in [0.717, 1.165) is 19.5 Å². The quantitative estimate of drug-likeness (QED) is 0.763. The number of carboxylic acid groups (broad SMARTS) is 1. The lowest BCUT2D eigenvalue weighted by Gasteiger charge is -2.38. The number of carbonyl (C=O) groups is 2. The maximum absolute atomic E-state index is 11.2. The van der Waals surface area contributed by atoms with E-state index in [4.69, 9.17) is 5.11 Å². The van der Waals surface area contributed by atoms with Crippen molar-refractivity contribution >= 4 is 11.9 Å². The van der Waals surface area contributed by atoms with Gasteiger partial charge in [-0.15, -0.1) is 0 Å². The van der Waals surface area contributed by atoms with E-state index in [2.05, 4.69) is 10.2 Å². The van der Waals surface area contributed by atoms with Crippen LogP contribution in [0.2, 0.25) is 0 Å². The summed E-state index contributed by atoms with van der Waals surface area (Å²) in [5, 5.41) is 11.7. The number of hydrogen-bond donors (Lipinski definition) is 2. The lowest BCUT2D eigenvalue weighted by Crippen LogP contribution is -2.51. The van der Waals surface area contributed by atoms with E-state index in [-0.39, 0.29) is 18.4 Å². The summed E-state index contributed by atoms with van der Waals surface area (Å²) in [6, 6.07) is 0.865. The predicted octanol–water partition coefficient (Wildman–Crippen LogP) is 0.840. The number of nitrogens with one attached hydrogen (secondary N) is 1. The highest BCUT2D eigenvalue weighted by molar-refractivity contribution is 5.73. The average Bonchev–Trinajstić information content (AvgIpc) is 3.08. The van der Waals surface area contributed by atoms with Crippen LogP contribution in [0.3, 0.4) is 0 Å². The highest BCUT2D eigenvalue weighted by atomic mass is 16.4. The van der Waals surface area contributed by atoms with Crippen LogP contribution < -0.4 is 5.32 Å². The Hall–Kier alpha value is -1.10. The number of carboxylic acids is 1. The van der Waals surface area contributed by atoms with Gasteiger partial charge < -0.3 is 10.4 Å². The van der Waals surface area contributed by atoms with Crippen molar-refractivity contribution in [2.75, 3.05) is 13.1 Å². The molecule has 1 amide bonds. The molecule has 1 saturated heterocycles. The fourth-order valence-corrected chi connectivity index (χ4v) is 2.91. The summed E-state index contributed by atoms with van der Waals surface area (Å²) in [5.41, 5.74) is 0. The lowest BCUT2D eigenvalue weighted by atomic mass is 9.90. The van der Waals surface area contributed by atoms with Crippen molar-refractivity contribution in [2.45, 2.75) is 51.1 Å². The van der Waals surface area contributed by atoms with Gasteiger partial charge in [-0.3, -0.25) is 14.5 Å². The van der Waals surface area contributed by atoms with Crippen LogP contribution in [0.15, 0.2) is 0 Å². The second kappa shape index (κ2) is 5.69. The Morgan fingerprint density at radius 1 is 1.33 bits per heavy atom. The van der Waals surface area contributed by atoms with E-state index >= 15 is 0 Å². The molecule has 1 saturated carbocycles. The van der Waals surface area contributed by atoms with Gasteiger partial charge >= 0.3 is 5.97 Å². The molecular formula is C13H22N2O3. The number of likely N-dealkylation sites (tertiary alicyclic amines) is 1. The number of rotatable bonds is 5. The van der Waals surface area contributed by atoms with Crippen molar-refractivity contribution in [1.82, 2.24) is 10.2 Å². The molecule has 0 aromatic heterocycles. The molecule has 5 nitrogen and oxygen atoms in total. The Balaban J connectivity index is 1.88. The summed E-state index contributed by atoms with van der Waals surface area (Å²) in [4.78, 5) is 24.2. The predicted molar refractivity (Wildman–Crippen MR) is 67.2 cm³/mol. The van der Waals surface area contributed by atoms with E-state index in [1.54, 1.807) is 6.92 Å². The fraction of sp³-hybridized carbons (Fsp3) is 0.846. The standard InChI is InChI=1S/C13H22N2O3/c1-9(16)14-11-6-10(2-5-13(17)18)7-15(8-11)12-3-4-12/h10-12H,2-8H2,1H3,(H,14,16)(H,17,18). The van der Waals surface area contributed by atoms with Gasteiger partial charge in [-0.1, -0.05) is 0 Å². The Kier molecular flexibility index (Phi) is 4.22. The van der Waals surface area contributed by atoms with Crippen LogP contribution in [0.1, 0.15) is 39.0 Å². The second-order valence-electron chi connectivity index (χ2n) is 5.62. The number of amides is 1. The Bertz CT molecular complexity index is 328. The molecule has 0 radical (unpaired) electrons. The highest BCUT2D eigenvalue weighted by Crippen LogP contribution is 2.32. The van der Waals surface area contributed by atoms with Gasteiger partial charge in [0.1, 0.15) is 0 Å². The average molecular weight is 254 g/mol. The molecule has 0 aromatic carbocycles. The minimum atomic E-state index is -0.727. The SMILES string of the molecule is CC(=O)NC1CC(CCC(=O)O)CN(C2CC2)C1. The van der Waals surface area contributed by atoms with Crippen molar-refractivity contribution in [3.8, 4) is 0 Å². The van der Waals surface area contributed by atoms with Crippen LogP contribution in [0, 0.1) is 5.92 Å². The van der Waals surface area contributed by atoms with Crippen LogP contribution in [-0.2, 0) is 9.59 Å². The molecule has 102 valence electrons. The number of nitrogens with zero attached hydrogens (tertiary/aromatic N) is 1. The molecule has 2 N–H and O–H groups in total. The summed E-state index contributed by atoms with van der Waals surface area (Å²) < 4.78 is 0. The number of piperidine rings is 1. The molecule has 2 rings (SSSR count). The molecular weight excluding hydrogens is 232 g/mol. The third-order valence-electron chi connectivity index (χ3n) is 3.80. The maximum Gasteiger partial charge on any atom is 0.303 e. The molecule has 0 aromatic rings. The lowest BCUT2D eigenvalue weighted by molar-refractivity contribution is -0.137. The first kappa shape index (κ1) is 13.3. The summed E-state index contributed by atoms with van der Waals surface area (Å²) in [5.74, 6) is -0.323. The van der Waals surface area contributed by atoms with E-state index in [9.17, 15) is 9.59 Å². The largest absolute Gasteiger partial charge is 0.481 e. The van der Waals surface area contributed by atoms with Crippen LogP contribution in [-0.4, -0.2) is 47.1 Å². The van der Waals surface area contributed by atoms with Crippen molar-refractivity contribution in [1.29, 1.82) is 0 Å². The molecule has 1 heterocycles. The first-order valence-corrected chi connectivity index (χ1v) is 6.77. The van der Waals surface area contributed by atoms with Gasteiger partial charge in [-0.05, 0) is 31.6 Å². The van der Waals surface area contributed by atoms with E-state index < -0.39 is 5.97 Å². The molecule has 2 aliphatic rings. The molecule has 1 aliphatic heterocycles. The van der Waals surface area contributed by atoms with Crippen LogP contribution in [0.5, 0.6) is 0 Å². The highest BCUT2D eigenvalue weighted by Gasteiger charge is 2.36. The topological polar surface area (TPSA) is 69.6 Å². The van der Waals surface area contributed by atoms with Crippen LogP contribution >= 0.6 is 0 Å². The zero-order chi connectivity index (χ0) is 13.1. The van der Waals surface area contributed by atoms with Crippen molar-refractivity contribution in [3.05, 3.63) is 0 Å². The molecule has 2 unspecified atom stereocenters. The van der Waals surface area contributed by atoms with Crippen LogP contribution in [0.25, 0.3) is 0 Å². The second-order valence-corrected chi connectivity index (χ2v) is 5.62. The number of hydrogen-bond acceptors (Lipinski definition) is 3. The van der Waals surface area contributed by atoms with Gasteiger partial charge in [0.25, 0.3) is 0 Å². The first-order valence-electron chi connectivity index (χ1n) is 6.77. The van der Waals surface area contributed by atoms with Crippen molar-refractivity contribution in [3.63, 3.8) is 0 Å².